The van der Waals surface area contributed by atoms with Crippen LogP contribution < -0.4 is 0 Å². The van der Waals surface area contributed by atoms with Crippen LogP contribution in [0.4, 0.5) is 5.69 Å². The molecular weight excluding hydrogens is 260 g/mol. The molecule has 1 atom stereocenters. The lowest BCUT2D eigenvalue weighted by Gasteiger charge is -2.19. The predicted octanol–water partition coefficient (Wildman–Crippen LogP) is 1.73. The predicted molar refractivity (Wildman–Crippen MR) is 73.8 cm³/mol. The maximum atomic E-state index is 12.5. The number of nitrogens with zero attached hydrogens (tertiary/aromatic N) is 2. The van der Waals surface area contributed by atoms with Gasteiger partial charge >= 0.3 is 0 Å². The number of aliphatic hydroxyl groups is 1. The van der Waals surface area contributed by atoms with Gasteiger partial charge in [-0.15, -0.1) is 0 Å². The second-order valence-electron chi connectivity index (χ2n) is 5.31. The van der Waals surface area contributed by atoms with Crippen molar-refractivity contribution in [1.29, 1.82) is 0 Å². The Bertz CT molecular complexity index is 583. The third-order valence-corrected chi connectivity index (χ3v) is 3.78. The number of β-amino-alcohol motifs (C(OH)–C–C–N with tert-alkyl or cyclic N) is 1. The summed E-state index contributed by atoms with van der Waals surface area (Å²) >= 11 is 0. The second-order valence-corrected chi connectivity index (χ2v) is 5.31. The highest BCUT2D eigenvalue weighted by molar-refractivity contribution is 5.98. The van der Waals surface area contributed by atoms with Gasteiger partial charge in [-0.1, -0.05) is 0 Å². The van der Waals surface area contributed by atoms with Gasteiger partial charge in [-0.3, -0.25) is 14.9 Å². The number of hydrogen-bond acceptors (Lipinski definition) is 4. The summed E-state index contributed by atoms with van der Waals surface area (Å²) in [6.07, 6.45) is 0.0534. The van der Waals surface area contributed by atoms with E-state index in [1.807, 2.05) is 0 Å². The molecule has 0 unspecified atom stereocenters. The van der Waals surface area contributed by atoms with E-state index >= 15 is 0 Å². The van der Waals surface area contributed by atoms with Crippen molar-refractivity contribution in [3.63, 3.8) is 0 Å². The highest BCUT2D eigenvalue weighted by atomic mass is 16.6. The van der Waals surface area contributed by atoms with E-state index in [9.17, 15) is 20.0 Å². The quantitative estimate of drug-likeness (QED) is 0.659. The topological polar surface area (TPSA) is 83.7 Å². The first-order valence-corrected chi connectivity index (χ1v) is 6.55. The third-order valence-electron chi connectivity index (χ3n) is 3.78. The summed E-state index contributed by atoms with van der Waals surface area (Å²) in [5.41, 5.74) is 2.08. The van der Waals surface area contributed by atoms with E-state index in [1.165, 1.54) is 0 Å². The summed E-state index contributed by atoms with van der Waals surface area (Å²) in [5.74, 6) is -0.236. The Morgan fingerprint density at radius 3 is 2.55 bits per heavy atom. The number of carbonyl (C=O) groups is 1. The van der Waals surface area contributed by atoms with E-state index < -0.39 is 11.0 Å². The fourth-order valence-corrected chi connectivity index (χ4v) is 2.87. The average Bonchev–Trinajstić information content (AvgIpc) is 2.74. The lowest BCUT2D eigenvalue weighted by Crippen LogP contribution is -2.31. The number of nitro groups is 1. The Morgan fingerprint density at radius 1 is 1.40 bits per heavy atom. The Kier molecular flexibility index (Phi) is 3.76. The Labute approximate surface area is 117 Å². The van der Waals surface area contributed by atoms with Crippen LogP contribution in [-0.4, -0.2) is 40.0 Å². The molecule has 0 radical (unpaired) electrons. The normalized spacial score (nSPS) is 18.4. The van der Waals surface area contributed by atoms with Crippen LogP contribution in [0.25, 0.3) is 0 Å². The number of likely N-dealkylation sites (tertiary alicyclic amines) is 1. The highest BCUT2D eigenvalue weighted by Crippen LogP contribution is 2.30. The second kappa shape index (κ2) is 5.20. The number of carbonyl (C=O) groups excluding carboxylic acids is 1. The van der Waals surface area contributed by atoms with Gasteiger partial charge in [-0.05, 0) is 38.8 Å². The SMILES string of the molecule is Cc1cc(C)c([N+](=O)[O-])c(C)c1C(=O)N1CC[C@@H](O)C1. The van der Waals surface area contributed by atoms with Crippen molar-refractivity contribution in [1.82, 2.24) is 4.90 Å². The van der Waals surface area contributed by atoms with E-state index in [0.29, 0.717) is 36.2 Å². The van der Waals surface area contributed by atoms with E-state index in [0.717, 1.165) is 5.56 Å². The molecular formula is C14H18N2O4. The van der Waals surface area contributed by atoms with Gasteiger partial charge in [0, 0.05) is 24.2 Å². The van der Waals surface area contributed by atoms with Crippen LogP contribution in [0.5, 0.6) is 0 Å². The molecule has 6 heteroatoms. The number of rotatable bonds is 2. The molecule has 6 nitrogen and oxygen atoms in total. The number of aliphatic hydroxyl groups excluding tert-OH is 1. The molecule has 0 bridgehead atoms. The van der Waals surface area contributed by atoms with Gasteiger partial charge in [0.25, 0.3) is 11.6 Å². The molecule has 1 heterocycles. The number of nitro benzene ring substituents is 1. The first kappa shape index (κ1) is 14.5. The molecule has 20 heavy (non-hydrogen) atoms. The van der Waals surface area contributed by atoms with Gasteiger partial charge in [0.05, 0.1) is 16.6 Å². The van der Waals surface area contributed by atoms with Crippen molar-refractivity contribution in [2.75, 3.05) is 13.1 Å². The summed E-state index contributed by atoms with van der Waals surface area (Å²) in [7, 11) is 0. The minimum absolute atomic E-state index is 0.00121. The van der Waals surface area contributed by atoms with Crippen LogP contribution in [0.2, 0.25) is 0 Å². The van der Waals surface area contributed by atoms with Crippen molar-refractivity contribution in [3.8, 4) is 0 Å². The van der Waals surface area contributed by atoms with Crippen LogP contribution in [0, 0.1) is 30.9 Å². The number of aryl methyl sites for hydroxylation is 2. The van der Waals surface area contributed by atoms with Crippen LogP contribution in [-0.2, 0) is 0 Å². The largest absolute Gasteiger partial charge is 0.391 e. The van der Waals surface area contributed by atoms with Gasteiger partial charge in [0.15, 0.2) is 0 Å². The molecule has 0 saturated carbocycles. The maximum absolute atomic E-state index is 12.5. The fourth-order valence-electron chi connectivity index (χ4n) is 2.87. The summed E-state index contributed by atoms with van der Waals surface area (Å²) in [6, 6.07) is 1.67. The molecule has 108 valence electrons. The lowest BCUT2D eigenvalue weighted by atomic mass is 9.96. The van der Waals surface area contributed by atoms with Crippen molar-refractivity contribution < 1.29 is 14.8 Å². The minimum atomic E-state index is -0.500. The Balaban J connectivity index is 2.48. The summed E-state index contributed by atoms with van der Waals surface area (Å²) in [4.78, 5) is 24.8. The zero-order chi connectivity index (χ0) is 15.0. The average molecular weight is 278 g/mol. The first-order chi connectivity index (χ1) is 9.32. The van der Waals surface area contributed by atoms with Crippen LogP contribution in [0.3, 0.4) is 0 Å². The number of amides is 1. The zero-order valence-corrected chi connectivity index (χ0v) is 11.8. The molecule has 1 amide bonds. The Morgan fingerprint density at radius 2 is 2.05 bits per heavy atom. The molecule has 2 rings (SSSR count). The molecule has 0 spiro atoms. The van der Waals surface area contributed by atoms with E-state index in [-0.39, 0.29) is 11.6 Å². The Hall–Kier alpha value is -1.95. The highest BCUT2D eigenvalue weighted by Gasteiger charge is 2.30. The van der Waals surface area contributed by atoms with Gasteiger partial charge in [0.1, 0.15) is 0 Å². The molecule has 0 aromatic heterocycles. The minimum Gasteiger partial charge on any atom is -0.391 e. The van der Waals surface area contributed by atoms with Crippen LogP contribution in [0.15, 0.2) is 6.07 Å². The fraction of sp³-hybridized carbons (Fsp3) is 0.500. The van der Waals surface area contributed by atoms with Gasteiger partial charge < -0.3 is 10.0 Å². The lowest BCUT2D eigenvalue weighted by molar-refractivity contribution is -0.386. The monoisotopic (exact) mass is 278 g/mol. The molecule has 0 aliphatic carbocycles. The molecule has 1 fully saturated rings. The van der Waals surface area contributed by atoms with Gasteiger partial charge in [-0.2, -0.15) is 0 Å². The van der Waals surface area contributed by atoms with E-state index in [2.05, 4.69) is 0 Å². The van der Waals surface area contributed by atoms with E-state index in [1.54, 1.807) is 31.7 Å². The van der Waals surface area contributed by atoms with Crippen LogP contribution >= 0.6 is 0 Å². The van der Waals surface area contributed by atoms with Gasteiger partial charge in [-0.25, -0.2) is 0 Å². The number of hydrogen-bond donors (Lipinski definition) is 1. The smallest absolute Gasteiger partial charge is 0.275 e. The van der Waals surface area contributed by atoms with Crippen molar-refractivity contribution in [3.05, 3.63) is 38.4 Å². The number of benzene rings is 1. The van der Waals surface area contributed by atoms with E-state index in [4.69, 9.17) is 0 Å². The standard InChI is InChI=1S/C14H18N2O4/c1-8-6-9(2)13(16(19)20)10(3)12(8)14(18)15-5-4-11(17)7-15/h6,11,17H,4-5,7H2,1-3H3/t11-/m1/s1. The molecule has 1 aliphatic heterocycles. The summed E-state index contributed by atoms with van der Waals surface area (Å²) < 4.78 is 0. The molecule has 1 aromatic rings. The van der Waals surface area contributed by atoms with Crippen molar-refractivity contribution in [2.45, 2.75) is 33.3 Å². The summed E-state index contributed by atoms with van der Waals surface area (Å²) in [5, 5.41) is 20.7. The van der Waals surface area contributed by atoms with Gasteiger partial charge in [0.2, 0.25) is 0 Å². The maximum Gasteiger partial charge on any atom is 0.275 e. The molecule has 1 aliphatic rings. The first-order valence-electron chi connectivity index (χ1n) is 6.55. The van der Waals surface area contributed by atoms with Crippen LogP contribution in [0.1, 0.15) is 33.5 Å². The zero-order valence-electron chi connectivity index (χ0n) is 11.8. The molecule has 1 N–H and O–H groups in total. The molecule has 1 aromatic carbocycles. The summed E-state index contributed by atoms with van der Waals surface area (Å²) in [6.45, 7) is 5.84. The third kappa shape index (κ3) is 2.38. The van der Waals surface area contributed by atoms with Crippen molar-refractivity contribution in [2.24, 2.45) is 0 Å². The van der Waals surface area contributed by atoms with Crippen molar-refractivity contribution >= 4 is 11.6 Å². The molecule has 1 saturated heterocycles.